The van der Waals surface area contributed by atoms with Gasteiger partial charge in [-0.2, -0.15) is 17.9 Å². The minimum Gasteiger partial charge on any atom is -0.399 e. The number of nitrogens with two attached hydrogens (primary N) is 1. The first-order valence-electron chi connectivity index (χ1n) is 5.65. The monoisotopic (exact) mass is 312 g/mol. The van der Waals surface area contributed by atoms with Gasteiger partial charge < -0.3 is 5.73 Å². The maximum atomic E-state index is 13.5. The zero-order chi connectivity index (χ0) is 15.3. The van der Waals surface area contributed by atoms with E-state index in [0.717, 1.165) is 19.1 Å². The predicted octanol–water partition coefficient (Wildman–Crippen LogP) is 2.09. The lowest BCUT2D eigenvalue weighted by Gasteiger charge is -2.21. The fraction of sp³-hybridized carbons (Fsp3) is 0.455. The van der Waals surface area contributed by atoms with Crippen molar-refractivity contribution in [3.8, 4) is 0 Å². The molecule has 20 heavy (non-hydrogen) atoms. The Hall–Kier alpha value is -1.35. The van der Waals surface area contributed by atoms with E-state index in [0.29, 0.717) is 0 Å². The molecule has 1 aromatic carbocycles. The van der Waals surface area contributed by atoms with Crippen molar-refractivity contribution in [2.24, 2.45) is 0 Å². The number of rotatable bonds is 3. The van der Waals surface area contributed by atoms with Crippen molar-refractivity contribution in [1.29, 1.82) is 0 Å². The van der Waals surface area contributed by atoms with Crippen molar-refractivity contribution in [2.75, 3.05) is 5.73 Å². The van der Waals surface area contributed by atoms with Crippen LogP contribution in [0.4, 0.5) is 23.2 Å². The number of benzene rings is 1. The van der Waals surface area contributed by atoms with Crippen molar-refractivity contribution in [3.05, 3.63) is 23.5 Å². The molecule has 0 aromatic heterocycles. The van der Waals surface area contributed by atoms with Gasteiger partial charge in [-0.05, 0) is 31.9 Å². The van der Waals surface area contributed by atoms with E-state index in [1.54, 1.807) is 4.72 Å². The molecule has 112 valence electrons. The van der Waals surface area contributed by atoms with Crippen LogP contribution < -0.4 is 10.5 Å². The summed E-state index contributed by atoms with van der Waals surface area (Å²) in [7, 11) is -4.50. The summed E-state index contributed by atoms with van der Waals surface area (Å²) in [6, 6.07) is 1.85. The van der Waals surface area contributed by atoms with Crippen molar-refractivity contribution in [3.63, 3.8) is 0 Å². The standard InChI is InChI=1S/C11H12F4N2O2S/c1-6-8(12)4-7(16)5-9(6)20(18,19)17-10(2-3-10)11(13,14)15/h4-5,17H,2-3,16H2,1H3. The number of alkyl halides is 3. The molecule has 1 aliphatic rings. The number of nitrogen functional groups attached to an aromatic ring is 1. The van der Waals surface area contributed by atoms with Gasteiger partial charge in [0.2, 0.25) is 10.0 Å². The van der Waals surface area contributed by atoms with E-state index in [9.17, 15) is 26.0 Å². The molecule has 2 rings (SSSR count). The second-order valence-corrected chi connectivity index (χ2v) is 6.46. The summed E-state index contributed by atoms with van der Waals surface area (Å²) in [4.78, 5) is -0.578. The Labute approximate surface area is 113 Å². The van der Waals surface area contributed by atoms with E-state index in [2.05, 4.69) is 0 Å². The topological polar surface area (TPSA) is 72.2 Å². The van der Waals surface area contributed by atoms with Crippen LogP contribution in [0.25, 0.3) is 0 Å². The van der Waals surface area contributed by atoms with Crippen LogP contribution in [-0.4, -0.2) is 20.1 Å². The summed E-state index contributed by atoms with van der Waals surface area (Å²) in [5.41, 5.74) is 2.44. The van der Waals surface area contributed by atoms with Crippen LogP contribution in [0.2, 0.25) is 0 Å². The van der Waals surface area contributed by atoms with Crippen LogP contribution in [0.5, 0.6) is 0 Å². The zero-order valence-electron chi connectivity index (χ0n) is 10.4. The minimum absolute atomic E-state index is 0.176. The first-order chi connectivity index (χ1) is 8.98. The maximum absolute atomic E-state index is 13.5. The van der Waals surface area contributed by atoms with Crippen LogP contribution in [-0.2, 0) is 10.0 Å². The van der Waals surface area contributed by atoms with E-state index in [1.165, 1.54) is 0 Å². The molecule has 0 saturated heterocycles. The minimum atomic E-state index is -4.69. The highest BCUT2D eigenvalue weighted by Gasteiger charge is 2.65. The molecular weight excluding hydrogens is 300 g/mol. The van der Waals surface area contributed by atoms with E-state index in [1.807, 2.05) is 0 Å². The molecule has 0 unspecified atom stereocenters. The SMILES string of the molecule is Cc1c(F)cc(N)cc1S(=O)(=O)NC1(C(F)(F)F)CC1. The highest BCUT2D eigenvalue weighted by Crippen LogP contribution is 2.49. The van der Waals surface area contributed by atoms with E-state index >= 15 is 0 Å². The molecule has 3 N–H and O–H groups in total. The van der Waals surface area contributed by atoms with Gasteiger partial charge in [0.05, 0.1) is 4.90 Å². The molecule has 0 bridgehead atoms. The summed E-state index contributed by atoms with van der Waals surface area (Å²) in [6.07, 6.45) is -5.36. The smallest absolute Gasteiger partial charge is 0.399 e. The number of nitrogens with one attached hydrogen (secondary N) is 1. The van der Waals surface area contributed by atoms with Gasteiger partial charge in [0.25, 0.3) is 0 Å². The molecule has 9 heteroatoms. The van der Waals surface area contributed by atoms with Gasteiger partial charge in [0.1, 0.15) is 11.4 Å². The second-order valence-electron chi connectivity index (χ2n) is 4.81. The van der Waals surface area contributed by atoms with Gasteiger partial charge in [0.15, 0.2) is 0 Å². The quantitative estimate of drug-likeness (QED) is 0.663. The third-order valence-electron chi connectivity index (χ3n) is 3.23. The van der Waals surface area contributed by atoms with Crippen LogP contribution >= 0.6 is 0 Å². The highest BCUT2D eigenvalue weighted by molar-refractivity contribution is 7.89. The molecule has 1 aliphatic carbocycles. The second kappa shape index (κ2) is 4.32. The lowest BCUT2D eigenvalue weighted by molar-refractivity contribution is -0.160. The third kappa shape index (κ3) is 2.47. The first kappa shape index (κ1) is 15.0. The molecule has 0 amide bonds. The average molecular weight is 312 g/mol. The molecule has 0 spiro atoms. The number of anilines is 1. The Balaban J connectivity index is 2.43. The normalized spacial score (nSPS) is 18.1. The van der Waals surface area contributed by atoms with Gasteiger partial charge >= 0.3 is 6.18 Å². The van der Waals surface area contributed by atoms with E-state index < -0.39 is 32.5 Å². The Bertz CT molecular complexity index is 651. The van der Waals surface area contributed by atoms with Gasteiger partial charge in [-0.15, -0.1) is 0 Å². The number of hydrogen-bond acceptors (Lipinski definition) is 3. The average Bonchev–Trinajstić information content (AvgIpc) is 3.02. The molecule has 1 fully saturated rings. The Morgan fingerprint density at radius 1 is 1.30 bits per heavy atom. The zero-order valence-corrected chi connectivity index (χ0v) is 11.2. The molecule has 0 radical (unpaired) electrons. The largest absolute Gasteiger partial charge is 0.407 e. The Morgan fingerprint density at radius 2 is 1.85 bits per heavy atom. The predicted molar refractivity (Wildman–Crippen MR) is 63.9 cm³/mol. The van der Waals surface area contributed by atoms with Crippen LogP contribution in [0, 0.1) is 12.7 Å². The summed E-state index contributed by atoms with van der Waals surface area (Å²) >= 11 is 0. The maximum Gasteiger partial charge on any atom is 0.407 e. The van der Waals surface area contributed by atoms with Crippen molar-refractivity contribution >= 4 is 15.7 Å². The summed E-state index contributed by atoms with van der Waals surface area (Å²) < 4.78 is 77.5. The molecule has 0 atom stereocenters. The van der Waals surface area contributed by atoms with Gasteiger partial charge in [-0.25, -0.2) is 12.8 Å². The molecule has 0 aliphatic heterocycles. The lowest BCUT2D eigenvalue weighted by Crippen LogP contribution is -2.47. The number of hydrogen-bond donors (Lipinski definition) is 2. The molecular formula is C11H12F4N2O2S. The molecule has 0 heterocycles. The highest BCUT2D eigenvalue weighted by atomic mass is 32.2. The number of halogens is 4. The molecule has 1 saturated carbocycles. The Morgan fingerprint density at radius 3 is 2.30 bits per heavy atom. The molecule has 1 aromatic rings. The third-order valence-corrected chi connectivity index (χ3v) is 4.89. The summed E-state index contributed by atoms with van der Waals surface area (Å²) in [6.45, 7) is 1.16. The fourth-order valence-electron chi connectivity index (χ4n) is 1.83. The van der Waals surface area contributed by atoms with Gasteiger partial charge in [-0.1, -0.05) is 0 Å². The van der Waals surface area contributed by atoms with Gasteiger partial charge in [-0.3, -0.25) is 0 Å². The van der Waals surface area contributed by atoms with E-state index in [4.69, 9.17) is 5.73 Å². The van der Waals surface area contributed by atoms with E-state index in [-0.39, 0.29) is 24.1 Å². The number of sulfonamides is 1. The first-order valence-corrected chi connectivity index (χ1v) is 7.13. The Kier molecular flexibility index (Phi) is 3.25. The van der Waals surface area contributed by atoms with Crippen LogP contribution in [0.15, 0.2) is 17.0 Å². The van der Waals surface area contributed by atoms with Crippen LogP contribution in [0.1, 0.15) is 18.4 Å². The fourth-order valence-corrected chi connectivity index (χ4v) is 3.57. The molecule has 4 nitrogen and oxygen atoms in total. The lowest BCUT2D eigenvalue weighted by atomic mass is 10.2. The van der Waals surface area contributed by atoms with Crippen molar-refractivity contribution < 1.29 is 26.0 Å². The van der Waals surface area contributed by atoms with Crippen molar-refractivity contribution in [2.45, 2.75) is 36.4 Å². The van der Waals surface area contributed by atoms with Crippen LogP contribution in [0.3, 0.4) is 0 Å². The van der Waals surface area contributed by atoms with Crippen molar-refractivity contribution in [1.82, 2.24) is 4.72 Å². The van der Waals surface area contributed by atoms with Gasteiger partial charge in [0, 0.05) is 11.3 Å². The summed E-state index contributed by atoms with van der Waals surface area (Å²) in [5, 5.41) is 0. The summed E-state index contributed by atoms with van der Waals surface area (Å²) in [5.74, 6) is -0.887.